The summed E-state index contributed by atoms with van der Waals surface area (Å²) in [6, 6.07) is 0. The number of hydrogen-bond donors (Lipinski definition) is 0. The molecule has 0 aromatic heterocycles. The van der Waals surface area contributed by atoms with Crippen molar-refractivity contribution in [2.24, 2.45) is 5.92 Å². The fraction of sp³-hybridized carbons (Fsp3) is 1.00. The summed E-state index contributed by atoms with van der Waals surface area (Å²) in [7, 11) is -1.52. The first kappa shape index (κ1) is 21.2. The van der Waals surface area contributed by atoms with Gasteiger partial charge in [-0.15, -0.1) is 0 Å². The molecule has 0 N–H and O–H groups in total. The first-order chi connectivity index (χ1) is 9.70. The van der Waals surface area contributed by atoms with Crippen LogP contribution in [0.3, 0.4) is 0 Å². The maximum Gasteiger partial charge on any atom is 0.191 e. The van der Waals surface area contributed by atoms with Gasteiger partial charge in [-0.3, -0.25) is 0 Å². The Morgan fingerprint density at radius 3 is 1.95 bits per heavy atom. The zero-order valence-corrected chi connectivity index (χ0v) is 17.1. The van der Waals surface area contributed by atoms with Crippen molar-refractivity contribution in [1.29, 1.82) is 0 Å². The van der Waals surface area contributed by atoms with Gasteiger partial charge in [0.2, 0.25) is 0 Å². The van der Waals surface area contributed by atoms with E-state index in [4.69, 9.17) is 4.43 Å². The van der Waals surface area contributed by atoms with Crippen LogP contribution in [-0.4, -0.2) is 14.9 Å². The van der Waals surface area contributed by atoms with Crippen molar-refractivity contribution >= 4 is 8.32 Å². The van der Waals surface area contributed by atoms with Crippen molar-refractivity contribution in [3.8, 4) is 0 Å². The third-order valence-corrected chi connectivity index (χ3v) is 9.70. The predicted molar refractivity (Wildman–Crippen MR) is 99.5 cm³/mol. The average molecular weight is 315 g/mol. The first-order valence-corrected chi connectivity index (χ1v) is 12.3. The molecule has 0 aliphatic heterocycles. The van der Waals surface area contributed by atoms with Crippen LogP contribution in [0.15, 0.2) is 0 Å². The molecule has 0 aromatic rings. The summed E-state index contributed by atoms with van der Waals surface area (Å²) in [6.07, 6.45) is 12.5. The van der Waals surface area contributed by atoms with Gasteiger partial charge in [0.25, 0.3) is 0 Å². The summed E-state index contributed by atoms with van der Waals surface area (Å²) >= 11 is 0. The number of rotatable bonds is 12. The minimum Gasteiger partial charge on any atom is -0.417 e. The predicted octanol–water partition coefficient (Wildman–Crippen LogP) is 7.18. The van der Waals surface area contributed by atoms with Gasteiger partial charge in [-0.05, 0) is 36.9 Å². The van der Waals surface area contributed by atoms with E-state index in [1.54, 1.807) is 0 Å². The minimum absolute atomic E-state index is 0.344. The molecule has 0 spiro atoms. The quantitative estimate of drug-likeness (QED) is 0.274. The van der Waals surface area contributed by atoms with E-state index in [1.807, 2.05) is 0 Å². The average Bonchev–Trinajstić information content (AvgIpc) is 2.37. The Morgan fingerprint density at radius 2 is 1.38 bits per heavy atom. The van der Waals surface area contributed by atoms with Gasteiger partial charge in [-0.2, -0.15) is 0 Å². The van der Waals surface area contributed by atoms with E-state index in [0.29, 0.717) is 5.04 Å². The van der Waals surface area contributed by atoms with E-state index in [-0.39, 0.29) is 0 Å². The van der Waals surface area contributed by atoms with Crippen LogP contribution in [0.5, 0.6) is 0 Å². The minimum atomic E-state index is -1.52. The maximum absolute atomic E-state index is 6.25. The van der Waals surface area contributed by atoms with E-state index < -0.39 is 8.32 Å². The van der Waals surface area contributed by atoms with Crippen molar-refractivity contribution in [3.05, 3.63) is 0 Å². The lowest BCUT2D eigenvalue weighted by molar-refractivity contribution is 0.267. The molecule has 0 amide bonds. The summed E-state index contributed by atoms with van der Waals surface area (Å²) in [6.45, 7) is 17.3. The van der Waals surface area contributed by atoms with Gasteiger partial charge in [-0.1, -0.05) is 79.6 Å². The highest BCUT2D eigenvalue weighted by atomic mass is 28.4. The molecule has 0 unspecified atom stereocenters. The second kappa shape index (κ2) is 10.8. The molecule has 0 radical (unpaired) electrons. The largest absolute Gasteiger partial charge is 0.417 e. The molecular formula is C19H42OSi. The van der Waals surface area contributed by atoms with Crippen molar-refractivity contribution in [1.82, 2.24) is 0 Å². The van der Waals surface area contributed by atoms with Crippen LogP contribution in [0.4, 0.5) is 0 Å². The van der Waals surface area contributed by atoms with Gasteiger partial charge < -0.3 is 4.43 Å². The second-order valence-corrected chi connectivity index (χ2v) is 13.2. The highest BCUT2D eigenvalue weighted by molar-refractivity contribution is 6.74. The van der Waals surface area contributed by atoms with Crippen LogP contribution in [0.2, 0.25) is 18.1 Å². The lowest BCUT2D eigenvalue weighted by atomic mass is 9.98. The lowest BCUT2D eigenvalue weighted by Gasteiger charge is -2.36. The molecule has 21 heavy (non-hydrogen) atoms. The molecule has 0 fully saturated rings. The summed E-state index contributed by atoms with van der Waals surface area (Å²) in [5.74, 6) is 0.874. The second-order valence-electron chi connectivity index (χ2n) is 8.41. The van der Waals surface area contributed by atoms with Crippen molar-refractivity contribution < 1.29 is 4.43 Å². The Labute approximate surface area is 136 Å². The van der Waals surface area contributed by atoms with Crippen LogP contribution in [0.25, 0.3) is 0 Å². The van der Waals surface area contributed by atoms with Crippen molar-refractivity contribution in [3.63, 3.8) is 0 Å². The number of hydrogen-bond acceptors (Lipinski definition) is 1. The molecule has 2 heteroatoms. The molecule has 0 rings (SSSR count). The molecular weight excluding hydrogens is 272 g/mol. The molecule has 0 aliphatic rings. The summed E-state index contributed by atoms with van der Waals surface area (Å²) < 4.78 is 6.25. The summed E-state index contributed by atoms with van der Waals surface area (Å²) in [4.78, 5) is 0. The molecule has 1 nitrogen and oxygen atoms in total. The fourth-order valence-electron chi connectivity index (χ4n) is 2.39. The van der Waals surface area contributed by atoms with E-state index >= 15 is 0 Å². The number of unbranched alkanes of at least 4 members (excludes halogenated alkanes) is 5. The Bertz CT molecular complexity index is 242. The normalized spacial score (nSPS) is 14.4. The molecule has 0 heterocycles. The zero-order valence-electron chi connectivity index (χ0n) is 16.1. The van der Waals surface area contributed by atoms with Crippen LogP contribution < -0.4 is 0 Å². The summed E-state index contributed by atoms with van der Waals surface area (Å²) in [5, 5.41) is 0.344. The van der Waals surface area contributed by atoms with E-state index in [2.05, 4.69) is 47.7 Å². The van der Waals surface area contributed by atoms with E-state index in [9.17, 15) is 0 Å². The third kappa shape index (κ3) is 10.5. The fourth-order valence-corrected chi connectivity index (χ4v) is 3.48. The maximum atomic E-state index is 6.25. The van der Waals surface area contributed by atoms with Crippen molar-refractivity contribution in [2.45, 2.75) is 111 Å². The Hall–Kier alpha value is 0.177. The first-order valence-electron chi connectivity index (χ1n) is 9.34. The van der Waals surface area contributed by atoms with Gasteiger partial charge in [0.15, 0.2) is 8.32 Å². The van der Waals surface area contributed by atoms with Crippen LogP contribution in [-0.2, 0) is 4.43 Å². The molecule has 0 saturated heterocycles. The standard InChI is InChI=1S/C19H42OSi/c1-8-9-10-11-12-13-15-18(2)16-14-17-20-21(6,7)19(3,4)5/h18H,8-17H2,1-7H3/t18-/m1/s1. The molecule has 0 bridgehead atoms. The van der Waals surface area contributed by atoms with Crippen LogP contribution >= 0.6 is 0 Å². The SMILES string of the molecule is CCCCCCCC[C@@H](C)CCCO[Si](C)(C)C(C)(C)C. The van der Waals surface area contributed by atoms with Crippen molar-refractivity contribution in [2.75, 3.05) is 6.61 Å². The van der Waals surface area contributed by atoms with Gasteiger partial charge in [0.05, 0.1) is 0 Å². The van der Waals surface area contributed by atoms with E-state index in [1.165, 1.54) is 57.8 Å². The molecule has 0 aliphatic carbocycles. The van der Waals surface area contributed by atoms with Crippen LogP contribution in [0.1, 0.15) is 92.4 Å². The molecule has 0 aromatic carbocycles. The highest BCUT2D eigenvalue weighted by Crippen LogP contribution is 2.36. The Morgan fingerprint density at radius 1 is 0.857 bits per heavy atom. The van der Waals surface area contributed by atoms with Gasteiger partial charge in [-0.25, -0.2) is 0 Å². The molecule has 128 valence electrons. The topological polar surface area (TPSA) is 9.23 Å². The summed E-state index contributed by atoms with van der Waals surface area (Å²) in [5.41, 5.74) is 0. The van der Waals surface area contributed by atoms with Crippen LogP contribution in [0, 0.1) is 5.92 Å². The molecule has 0 saturated carbocycles. The smallest absolute Gasteiger partial charge is 0.191 e. The third-order valence-electron chi connectivity index (χ3n) is 5.16. The van der Waals surface area contributed by atoms with E-state index in [0.717, 1.165) is 12.5 Å². The zero-order chi connectivity index (χ0) is 16.4. The molecule has 1 atom stereocenters. The monoisotopic (exact) mass is 314 g/mol. The Kier molecular flexibility index (Phi) is 10.9. The highest BCUT2D eigenvalue weighted by Gasteiger charge is 2.36. The van der Waals surface area contributed by atoms with Gasteiger partial charge in [0.1, 0.15) is 0 Å². The van der Waals surface area contributed by atoms with Gasteiger partial charge >= 0.3 is 0 Å². The Balaban J connectivity index is 3.56. The van der Waals surface area contributed by atoms with Gasteiger partial charge in [0, 0.05) is 6.61 Å². The lowest BCUT2D eigenvalue weighted by Crippen LogP contribution is -2.41.